The van der Waals surface area contributed by atoms with Crippen molar-refractivity contribution in [1.82, 2.24) is 19.8 Å². The molecule has 0 bridgehead atoms. The number of carbonyl (C=O) groups is 3. The van der Waals surface area contributed by atoms with Crippen LogP contribution in [0, 0.1) is 0 Å². The molecule has 0 aromatic heterocycles. The van der Waals surface area contributed by atoms with Crippen LogP contribution in [0.25, 0.3) is 0 Å². The quantitative estimate of drug-likeness (QED) is 0.409. The van der Waals surface area contributed by atoms with Crippen LogP contribution in [0.1, 0.15) is 25.7 Å². The van der Waals surface area contributed by atoms with Crippen LogP contribution >= 0.6 is 0 Å². The monoisotopic (exact) mass is 346 g/mol. The SMILES string of the molecule is O=C1CC[C@H](NC(=O)N2CC[C@@H]3[C@H]2C(=O)N3S(=O)(=O)O)CCN1. The number of hydrogen-bond donors (Lipinski definition) is 3. The Morgan fingerprint density at radius 1 is 1.26 bits per heavy atom. The van der Waals surface area contributed by atoms with Gasteiger partial charge >= 0.3 is 16.3 Å². The number of nitrogens with one attached hydrogen (secondary N) is 2. The van der Waals surface area contributed by atoms with Crippen molar-refractivity contribution < 1.29 is 27.4 Å². The maximum atomic E-state index is 12.3. The zero-order chi connectivity index (χ0) is 16.8. The first-order valence-corrected chi connectivity index (χ1v) is 8.83. The van der Waals surface area contributed by atoms with E-state index in [0.717, 1.165) is 0 Å². The molecule has 0 aliphatic carbocycles. The number of carbonyl (C=O) groups excluding carboxylic acids is 3. The molecule has 10 nitrogen and oxygen atoms in total. The van der Waals surface area contributed by atoms with Gasteiger partial charge in [0.1, 0.15) is 6.04 Å². The largest absolute Gasteiger partial charge is 0.362 e. The van der Waals surface area contributed by atoms with E-state index in [1.54, 1.807) is 0 Å². The molecule has 0 aromatic carbocycles. The van der Waals surface area contributed by atoms with Crippen LogP contribution in [-0.2, 0) is 19.9 Å². The number of hydrogen-bond acceptors (Lipinski definition) is 5. The smallest absolute Gasteiger partial charge is 0.356 e. The van der Waals surface area contributed by atoms with Gasteiger partial charge in [-0.1, -0.05) is 0 Å². The van der Waals surface area contributed by atoms with Crippen LogP contribution in [0.2, 0.25) is 0 Å². The summed E-state index contributed by atoms with van der Waals surface area (Å²) < 4.78 is 31.7. The third kappa shape index (κ3) is 2.85. The van der Waals surface area contributed by atoms with Crippen LogP contribution in [-0.4, -0.2) is 71.2 Å². The van der Waals surface area contributed by atoms with Gasteiger partial charge in [-0.2, -0.15) is 8.42 Å². The Bertz CT molecular complexity index is 650. The molecule has 3 fully saturated rings. The van der Waals surface area contributed by atoms with Crippen molar-refractivity contribution in [2.45, 2.75) is 43.8 Å². The molecule has 0 saturated carbocycles. The molecule has 3 atom stereocenters. The van der Waals surface area contributed by atoms with E-state index in [-0.39, 0.29) is 18.5 Å². The summed E-state index contributed by atoms with van der Waals surface area (Å²) in [5.74, 6) is -0.844. The lowest BCUT2D eigenvalue weighted by Crippen LogP contribution is -2.69. The lowest BCUT2D eigenvalue weighted by molar-refractivity contribution is -0.143. The van der Waals surface area contributed by atoms with E-state index in [1.165, 1.54) is 4.90 Å². The lowest BCUT2D eigenvalue weighted by atomic mass is 10.0. The number of β-lactam (4-membered cyclic amide) rings is 1. The highest BCUT2D eigenvalue weighted by molar-refractivity contribution is 7.84. The van der Waals surface area contributed by atoms with Crippen molar-refractivity contribution >= 4 is 28.1 Å². The first kappa shape index (κ1) is 16.0. The Labute approximate surface area is 133 Å². The molecule has 3 saturated heterocycles. The van der Waals surface area contributed by atoms with Gasteiger partial charge < -0.3 is 15.5 Å². The summed E-state index contributed by atoms with van der Waals surface area (Å²) in [4.78, 5) is 36.8. The van der Waals surface area contributed by atoms with Crippen molar-refractivity contribution in [2.24, 2.45) is 0 Å². The number of nitrogens with zero attached hydrogens (tertiary/aromatic N) is 2. The Morgan fingerprint density at radius 3 is 2.70 bits per heavy atom. The van der Waals surface area contributed by atoms with E-state index < -0.39 is 34.3 Å². The molecule has 3 aliphatic rings. The van der Waals surface area contributed by atoms with E-state index in [1.807, 2.05) is 0 Å². The van der Waals surface area contributed by atoms with Crippen LogP contribution in [0.4, 0.5) is 4.79 Å². The Kier molecular flexibility index (Phi) is 3.92. The molecule has 128 valence electrons. The van der Waals surface area contributed by atoms with Gasteiger partial charge in [0.15, 0.2) is 0 Å². The summed E-state index contributed by atoms with van der Waals surface area (Å²) in [6, 6.07) is -2.16. The molecule has 11 heteroatoms. The molecule has 0 radical (unpaired) electrons. The third-order valence-corrected chi connectivity index (χ3v) is 5.46. The fourth-order valence-corrected chi connectivity index (χ4v) is 4.27. The molecular weight excluding hydrogens is 328 g/mol. The average molecular weight is 346 g/mol. The molecule has 4 amide bonds. The van der Waals surface area contributed by atoms with Gasteiger partial charge in [-0.25, -0.2) is 9.10 Å². The second-order valence-electron chi connectivity index (χ2n) is 5.93. The highest BCUT2D eigenvalue weighted by atomic mass is 32.2. The molecule has 3 rings (SSSR count). The van der Waals surface area contributed by atoms with Crippen LogP contribution < -0.4 is 10.6 Å². The topological polar surface area (TPSA) is 136 Å². The van der Waals surface area contributed by atoms with Gasteiger partial charge in [0, 0.05) is 25.6 Å². The van der Waals surface area contributed by atoms with Crippen molar-refractivity contribution in [3.05, 3.63) is 0 Å². The standard InChI is InChI=1S/C12H18N4O6S/c17-9-2-1-7(3-5-13-9)14-12(19)15-6-4-8-10(15)11(18)16(8)23(20,21)22/h7-8,10H,1-6H2,(H,13,17)(H,14,19)(H,20,21,22)/t7-,8+,10-/m0/s1. The summed E-state index contributed by atoms with van der Waals surface area (Å²) in [6.45, 7) is 0.716. The predicted octanol–water partition coefficient (Wildman–Crippen LogP) is -1.55. The van der Waals surface area contributed by atoms with Crippen LogP contribution in [0.5, 0.6) is 0 Å². The molecular formula is C12H18N4O6S. The highest BCUT2D eigenvalue weighted by Crippen LogP contribution is 2.35. The van der Waals surface area contributed by atoms with Gasteiger partial charge in [0.2, 0.25) is 5.91 Å². The first-order chi connectivity index (χ1) is 10.8. The summed E-state index contributed by atoms with van der Waals surface area (Å²) in [6.07, 6.45) is 1.75. The van der Waals surface area contributed by atoms with Crippen molar-refractivity contribution in [3.8, 4) is 0 Å². The van der Waals surface area contributed by atoms with Gasteiger partial charge in [0.25, 0.3) is 5.91 Å². The van der Waals surface area contributed by atoms with Gasteiger partial charge in [-0.05, 0) is 19.3 Å². The number of rotatable bonds is 2. The first-order valence-electron chi connectivity index (χ1n) is 7.43. The summed E-state index contributed by atoms with van der Waals surface area (Å²) in [5, 5.41) is 5.51. The minimum atomic E-state index is -4.58. The van der Waals surface area contributed by atoms with Gasteiger partial charge in [-0.3, -0.25) is 14.1 Å². The normalized spacial score (nSPS) is 31.1. The average Bonchev–Trinajstić information content (AvgIpc) is 2.69. The second-order valence-corrected chi connectivity index (χ2v) is 7.22. The maximum Gasteiger partial charge on any atom is 0.362 e. The van der Waals surface area contributed by atoms with Crippen molar-refractivity contribution in [3.63, 3.8) is 0 Å². The highest BCUT2D eigenvalue weighted by Gasteiger charge is 2.60. The van der Waals surface area contributed by atoms with Gasteiger partial charge in [0.05, 0.1) is 6.04 Å². The minimum Gasteiger partial charge on any atom is -0.356 e. The molecule has 23 heavy (non-hydrogen) atoms. The second kappa shape index (κ2) is 5.64. The van der Waals surface area contributed by atoms with Crippen molar-refractivity contribution in [2.75, 3.05) is 13.1 Å². The zero-order valence-electron chi connectivity index (χ0n) is 12.3. The predicted molar refractivity (Wildman–Crippen MR) is 76.5 cm³/mol. The fraction of sp³-hybridized carbons (Fsp3) is 0.750. The Morgan fingerprint density at radius 2 is 2.00 bits per heavy atom. The van der Waals surface area contributed by atoms with E-state index in [4.69, 9.17) is 4.55 Å². The van der Waals surface area contributed by atoms with E-state index >= 15 is 0 Å². The van der Waals surface area contributed by atoms with E-state index in [2.05, 4.69) is 10.6 Å². The molecule has 3 heterocycles. The Balaban J connectivity index is 1.62. The summed E-state index contributed by atoms with van der Waals surface area (Å²) in [7, 11) is -4.58. The summed E-state index contributed by atoms with van der Waals surface area (Å²) in [5.41, 5.74) is 0. The molecule has 0 aromatic rings. The van der Waals surface area contributed by atoms with Gasteiger partial charge in [-0.15, -0.1) is 0 Å². The summed E-state index contributed by atoms with van der Waals surface area (Å²) >= 11 is 0. The van der Waals surface area contributed by atoms with E-state index in [9.17, 15) is 22.8 Å². The number of urea groups is 1. The third-order valence-electron chi connectivity index (χ3n) is 4.51. The minimum absolute atomic E-state index is 0.0547. The Hall–Kier alpha value is -1.88. The molecule has 0 spiro atoms. The molecule has 3 aliphatic heterocycles. The number of likely N-dealkylation sites (tertiary alicyclic amines) is 1. The lowest BCUT2D eigenvalue weighted by Gasteiger charge is -2.42. The number of fused-ring (bicyclic) bond motifs is 1. The maximum absolute atomic E-state index is 12.3. The fourth-order valence-electron chi connectivity index (χ4n) is 3.37. The van der Waals surface area contributed by atoms with E-state index in [0.29, 0.717) is 36.5 Å². The number of amides is 4. The van der Waals surface area contributed by atoms with Crippen molar-refractivity contribution in [1.29, 1.82) is 0 Å². The molecule has 3 N–H and O–H groups in total. The zero-order valence-corrected chi connectivity index (χ0v) is 13.1. The van der Waals surface area contributed by atoms with Crippen LogP contribution in [0.15, 0.2) is 0 Å². The van der Waals surface area contributed by atoms with Crippen LogP contribution in [0.3, 0.4) is 0 Å². The molecule has 0 unspecified atom stereocenters.